The van der Waals surface area contributed by atoms with Gasteiger partial charge in [0.15, 0.2) is 5.43 Å². The Balaban J connectivity index is 1.80. The molecule has 4 aromatic carbocycles. The summed E-state index contributed by atoms with van der Waals surface area (Å²) < 4.78 is 5.32. The molecule has 0 aliphatic heterocycles. The van der Waals surface area contributed by atoms with Crippen LogP contribution in [0.3, 0.4) is 0 Å². The van der Waals surface area contributed by atoms with Gasteiger partial charge in [0.2, 0.25) is 0 Å². The zero-order valence-electron chi connectivity index (χ0n) is 19.6. The SMILES string of the molecule is COc1ccc(N=c2c3c(-c4ccccc4)c(-c4ccc(C)cc4)c=3c(=O)c3ccccc23)cc1. The summed E-state index contributed by atoms with van der Waals surface area (Å²) in [6.45, 7) is 2.07. The van der Waals surface area contributed by atoms with Gasteiger partial charge in [0.25, 0.3) is 0 Å². The van der Waals surface area contributed by atoms with Gasteiger partial charge in [-0.2, -0.15) is 0 Å². The minimum Gasteiger partial charge on any atom is -0.497 e. The molecule has 2 aliphatic rings. The summed E-state index contributed by atoms with van der Waals surface area (Å²) in [5.41, 5.74) is 6.24. The Labute approximate surface area is 203 Å². The number of fused-ring (bicyclic) bond motifs is 1. The van der Waals surface area contributed by atoms with E-state index in [4.69, 9.17) is 9.73 Å². The van der Waals surface area contributed by atoms with Crippen LogP contribution in [0.5, 0.6) is 5.75 Å². The summed E-state index contributed by atoms with van der Waals surface area (Å²) in [6.07, 6.45) is 0. The molecule has 0 aromatic heterocycles. The molecule has 0 saturated heterocycles. The molecular weight excluding hydrogens is 430 g/mol. The van der Waals surface area contributed by atoms with Crippen molar-refractivity contribution in [3.63, 3.8) is 0 Å². The Hall–Kier alpha value is -4.50. The summed E-state index contributed by atoms with van der Waals surface area (Å²) in [5.74, 6) is 0.781. The lowest BCUT2D eigenvalue weighted by Crippen LogP contribution is -2.22. The smallest absolute Gasteiger partial charge is 0.195 e. The fourth-order valence-electron chi connectivity index (χ4n) is 4.86. The first-order valence-corrected chi connectivity index (χ1v) is 11.6. The maximum atomic E-state index is 13.8. The molecule has 3 heteroatoms. The van der Waals surface area contributed by atoms with Crippen LogP contribution in [0.4, 0.5) is 5.69 Å². The minimum atomic E-state index is 0.0551. The molecule has 168 valence electrons. The van der Waals surface area contributed by atoms with Crippen molar-refractivity contribution in [2.75, 3.05) is 7.11 Å². The van der Waals surface area contributed by atoms with E-state index in [-0.39, 0.29) is 5.43 Å². The Morgan fingerprint density at radius 3 is 1.91 bits per heavy atom. The van der Waals surface area contributed by atoms with Crippen LogP contribution in [0.2, 0.25) is 0 Å². The summed E-state index contributed by atoms with van der Waals surface area (Å²) in [7, 11) is 1.65. The second-order valence-electron chi connectivity index (χ2n) is 8.77. The summed E-state index contributed by atoms with van der Waals surface area (Å²) >= 11 is 0. The first-order chi connectivity index (χ1) is 17.2. The molecule has 6 rings (SSSR count). The van der Waals surface area contributed by atoms with E-state index in [1.54, 1.807) is 7.11 Å². The molecule has 0 amide bonds. The first-order valence-electron chi connectivity index (χ1n) is 11.6. The highest BCUT2D eigenvalue weighted by Crippen LogP contribution is 2.38. The molecular formula is C32H23NO2. The average Bonchev–Trinajstić information content (AvgIpc) is 2.89. The number of benzene rings is 4. The average molecular weight is 454 g/mol. The Morgan fingerprint density at radius 1 is 0.629 bits per heavy atom. The zero-order chi connectivity index (χ0) is 23.9. The van der Waals surface area contributed by atoms with E-state index in [1.165, 1.54) is 5.56 Å². The van der Waals surface area contributed by atoms with Gasteiger partial charge in [-0.3, -0.25) is 4.79 Å². The van der Waals surface area contributed by atoms with Crippen LogP contribution in [0, 0.1) is 17.4 Å². The largest absolute Gasteiger partial charge is 0.497 e. The van der Waals surface area contributed by atoms with Crippen LogP contribution in [0.25, 0.3) is 33.0 Å². The van der Waals surface area contributed by atoms with Gasteiger partial charge in [0, 0.05) is 32.3 Å². The van der Waals surface area contributed by atoms with E-state index in [0.29, 0.717) is 5.39 Å². The van der Waals surface area contributed by atoms with Gasteiger partial charge in [-0.05, 0) is 42.3 Å². The number of aryl methyl sites for hydroxylation is 1. The Morgan fingerprint density at radius 2 is 1.23 bits per heavy atom. The Bertz CT molecular complexity index is 1820. The molecule has 4 aromatic rings. The predicted octanol–water partition coefficient (Wildman–Crippen LogP) is 6.68. The van der Waals surface area contributed by atoms with Crippen LogP contribution in [-0.4, -0.2) is 7.11 Å². The monoisotopic (exact) mass is 453 g/mol. The van der Waals surface area contributed by atoms with Crippen LogP contribution < -0.4 is 15.5 Å². The van der Waals surface area contributed by atoms with Crippen molar-refractivity contribution < 1.29 is 4.74 Å². The zero-order valence-corrected chi connectivity index (χ0v) is 19.6. The molecule has 0 fully saturated rings. The van der Waals surface area contributed by atoms with Crippen molar-refractivity contribution in [3.8, 4) is 28.0 Å². The molecule has 3 nitrogen and oxygen atoms in total. The third-order valence-corrected chi connectivity index (χ3v) is 6.61. The minimum absolute atomic E-state index is 0.0551. The van der Waals surface area contributed by atoms with Gasteiger partial charge in [0.05, 0.1) is 18.2 Å². The number of nitrogens with zero attached hydrogens (tertiary/aromatic N) is 1. The quantitative estimate of drug-likeness (QED) is 0.298. The lowest BCUT2D eigenvalue weighted by atomic mass is 9.83. The van der Waals surface area contributed by atoms with Crippen LogP contribution in [0.15, 0.2) is 113 Å². The molecule has 0 atom stereocenters. The number of methoxy groups -OCH3 is 1. The van der Waals surface area contributed by atoms with Crippen LogP contribution in [0.1, 0.15) is 5.56 Å². The maximum absolute atomic E-state index is 13.8. The van der Waals surface area contributed by atoms with Crippen molar-refractivity contribution in [1.82, 2.24) is 0 Å². The van der Waals surface area contributed by atoms with Crippen molar-refractivity contribution >= 4 is 16.5 Å². The summed E-state index contributed by atoms with van der Waals surface area (Å²) in [5, 5.41) is 4.05. The highest BCUT2D eigenvalue weighted by Gasteiger charge is 2.23. The first kappa shape index (κ1) is 21.1. The Kier molecular flexibility index (Phi) is 5.04. The highest BCUT2D eigenvalue weighted by molar-refractivity contribution is 5.93. The number of ether oxygens (including phenoxy) is 1. The lowest BCUT2D eigenvalue weighted by molar-refractivity contribution is 0.415. The molecule has 2 aliphatic carbocycles. The van der Waals surface area contributed by atoms with Crippen molar-refractivity contribution in [2.24, 2.45) is 4.99 Å². The van der Waals surface area contributed by atoms with E-state index in [0.717, 1.165) is 54.9 Å². The molecule has 0 unspecified atom stereocenters. The number of hydrogen-bond acceptors (Lipinski definition) is 3. The predicted molar refractivity (Wildman–Crippen MR) is 142 cm³/mol. The summed E-state index contributed by atoms with van der Waals surface area (Å²) in [4.78, 5) is 18.9. The number of hydrogen-bond donors (Lipinski definition) is 0. The van der Waals surface area contributed by atoms with E-state index in [2.05, 4.69) is 43.3 Å². The van der Waals surface area contributed by atoms with E-state index in [9.17, 15) is 4.79 Å². The lowest BCUT2D eigenvalue weighted by Gasteiger charge is -2.19. The van der Waals surface area contributed by atoms with Gasteiger partial charge in [0.1, 0.15) is 5.75 Å². The van der Waals surface area contributed by atoms with Crippen molar-refractivity contribution in [2.45, 2.75) is 6.92 Å². The van der Waals surface area contributed by atoms with E-state index in [1.807, 2.05) is 66.7 Å². The van der Waals surface area contributed by atoms with Gasteiger partial charge < -0.3 is 4.74 Å². The van der Waals surface area contributed by atoms with Crippen molar-refractivity contribution in [3.05, 3.63) is 135 Å². The molecule has 0 bridgehead atoms. The van der Waals surface area contributed by atoms with Crippen molar-refractivity contribution in [1.29, 1.82) is 0 Å². The van der Waals surface area contributed by atoms with Gasteiger partial charge in [-0.15, -0.1) is 0 Å². The van der Waals surface area contributed by atoms with Gasteiger partial charge in [-0.25, -0.2) is 4.99 Å². The topological polar surface area (TPSA) is 38.7 Å². The number of rotatable bonds is 4. The van der Waals surface area contributed by atoms with Crippen LogP contribution >= 0.6 is 0 Å². The molecule has 35 heavy (non-hydrogen) atoms. The second kappa shape index (κ2) is 8.37. The highest BCUT2D eigenvalue weighted by atomic mass is 16.5. The molecule has 0 saturated carbocycles. The second-order valence-corrected chi connectivity index (χ2v) is 8.77. The fourth-order valence-corrected chi connectivity index (χ4v) is 4.86. The summed E-state index contributed by atoms with van der Waals surface area (Å²) in [6, 6.07) is 34.1. The molecule has 0 N–H and O–H groups in total. The fraction of sp³-hybridized carbons (Fsp3) is 0.0625. The van der Waals surface area contributed by atoms with Gasteiger partial charge in [-0.1, -0.05) is 84.4 Å². The molecule has 0 heterocycles. The van der Waals surface area contributed by atoms with Crippen LogP contribution in [-0.2, 0) is 0 Å². The molecule has 0 radical (unpaired) electrons. The molecule has 0 spiro atoms. The van der Waals surface area contributed by atoms with Gasteiger partial charge >= 0.3 is 0 Å². The standard InChI is InChI=1S/C32H23NO2/c1-20-12-14-22(15-13-20)28-27(21-8-4-3-5-9-21)29-30(28)32(34)26-11-7-6-10-25(26)31(29)33-23-16-18-24(35-2)19-17-23/h3-19H,1-2H3. The third-order valence-electron chi connectivity index (χ3n) is 6.61. The van der Waals surface area contributed by atoms with E-state index < -0.39 is 0 Å². The normalized spacial score (nSPS) is 12.0. The third kappa shape index (κ3) is 3.44. The maximum Gasteiger partial charge on any atom is 0.195 e. The van der Waals surface area contributed by atoms with E-state index >= 15 is 0 Å².